The van der Waals surface area contributed by atoms with Crippen molar-refractivity contribution < 1.29 is 19.8 Å². The van der Waals surface area contributed by atoms with E-state index in [4.69, 9.17) is 10.2 Å². The molecule has 0 aromatic heterocycles. The fourth-order valence-electron chi connectivity index (χ4n) is 3.04. The van der Waals surface area contributed by atoms with Crippen LogP contribution in [0.4, 0.5) is 0 Å². The number of carboxylic acid groups (broad SMARTS) is 2. The molecule has 0 saturated heterocycles. The molecule has 0 aliphatic heterocycles. The zero-order valence-electron chi connectivity index (χ0n) is 7.90. The van der Waals surface area contributed by atoms with E-state index in [9.17, 15) is 9.59 Å². The highest BCUT2D eigenvalue weighted by molar-refractivity contribution is 5.84. The maximum Gasteiger partial charge on any atom is 0.310 e. The fourth-order valence-corrected chi connectivity index (χ4v) is 3.04. The van der Waals surface area contributed by atoms with E-state index in [-0.39, 0.29) is 0 Å². The summed E-state index contributed by atoms with van der Waals surface area (Å²) in [6.07, 6.45) is 3.42. The zero-order valence-corrected chi connectivity index (χ0v) is 7.90. The Labute approximate surface area is 81.9 Å². The summed E-state index contributed by atoms with van der Waals surface area (Å²) in [5.74, 6) is -2.07. The molecule has 2 N–H and O–H groups in total. The van der Waals surface area contributed by atoms with Crippen molar-refractivity contribution >= 4 is 11.9 Å². The number of carboxylic acids is 2. The van der Waals surface area contributed by atoms with E-state index < -0.39 is 23.3 Å². The standard InChI is InChI=1S/C10H14O4/c11-8(12)7-5-6-1-3-10(7,4-2-6)9(13)14/h6-7H,1-5H2,(H,11,12)(H,13,14)/t6?,7-,10?/m1/s1. The molecule has 0 unspecified atom stereocenters. The van der Waals surface area contributed by atoms with Gasteiger partial charge in [0.25, 0.3) is 0 Å². The first kappa shape index (κ1) is 9.49. The van der Waals surface area contributed by atoms with Gasteiger partial charge in [-0.2, -0.15) is 0 Å². The van der Waals surface area contributed by atoms with Gasteiger partial charge in [0.15, 0.2) is 0 Å². The van der Waals surface area contributed by atoms with Gasteiger partial charge in [0.05, 0.1) is 11.3 Å². The summed E-state index contributed by atoms with van der Waals surface area (Å²) in [4.78, 5) is 22.2. The molecule has 3 rings (SSSR count). The molecule has 3 fully saturated rings. The van der Waals surface area contributed by atoms with Crippen molar-refractivity contribution in [1.82, 2.24) is 0 Å². The van der Waals surface area contributed by atoms with E-state index in [0.717, 1.165) is 12.8 Å². The van der Waals surface area contributed by atoms with Crippen molar-refractivity contribution in [2.75, 3.05) is 0 Å². The molecule has 0 aromatic carbocycles. The van der Waals surface area contributed by atoms with Crippen molar-refractivity contribution in [2.45, 2.75) is 32.1 Å². The molecular formula is C10H14O4. The number of carbonyl (C=O) groups is 2. The second-order valence-electron chi connectivity index (χ2n) is 4.53. The van der Waals surface area contributed by atoms with Crippen LogP contribution >= 0.6 is 0 Å². The summed E-state index contributed by atoms with van der Waals surface area (Å²) in [5.41, 5.74) is -0.958. The van der Waals surface area contributed by atoms with E-state index in [1.165, 1.54) is 0 Å². The number of hydrogen-bond donors (Lipinski definition) is 2. The second kappa shape index (κ2) is 2.97. The maximum absolute atomic E-state index is 11.2. The third-order valence-electron chi connectivity index (χ3n) is 3.96. The molecule has 4 heteroatoms. The predicted octanol–water partition coefficient (Wildman–Crippen LogP) is 1.35. The molecule has 0 heterocycles. The maximum atomic E-state index is 11.2. The first-order valence-corrected chi connectivity index (χ1v) is 5.02. The summed E-state index contributed by atoms with van der Waals surface area (Å²) in [5, 5.41) is 18.2. The van der Waals surface area contributed by atoms with Crippen LogP contribution in [0.5, 0.6) is 0 Å². The molecule has 0 amide bonds. The van der Waals surface area contributed by atoms with E-state index >= 15 is 0 Å². The summed E-state index contributed by atoms with van der Waals surface area (Å²) >= 11 is 0. The van der Waals surface area contributed by atoms with Gasteiger partial charge in [-0.15, -0.1) is 0 Å². The van der Waals surface area contributed by atoms with Crippen LogP contribution in [0.25, 0.3) is 0 Å². The molecule has 4 nitrogen and oxygen atoms in total. The number of hydrogen-bond acceptors (Lipinski definition) is 2. The monoisotopic (exact) mass is 198 g/mol. The van der Waals surface area contributed by atoms with Gasteiger partial charge in [-0.05, 0) is 38.0 Å². The molecular weight excluding hydrogens is 184 g/mol. The Morgan fingerprint density at radius 1 is 1.14 bits per heavy atom. The predicted molar refractivity (Wildman–Crippen MR) is 47.8 cm³/mol. The molecule has 1 atom stereocenters. The largest absolute Gasteiger partial charge is 0.481 e. The van der Waals surface area contributed by atoms with Crippen LogP contribution in [-0.4, -0.2) is 22.2 Å². The van der Waals surface area contributed by atoms with Crippen LogP contribution in [0.1, 0.15) is 32.1 Å². The Kier molecular flexibility index (Phi) is 2.01. The lowest BCUT2D eigenvalue weighted by atomic mass is 9.55. The SMILES string of the molecule is O=C(O)[C@H]1CC2CCC1(C(=O)O)CC2. The number of rotatable bonds is 2. The van der Waals surface area contributed by atoms with Crippen LogP contribution in [0.3, 0.4) is 0 Å². The Bertz CT molecular complexity index is 276. The third-order valence-corrected chi connectivity index (χ3v) is 3.96. The van der Waals surface area contributed by atoms with E-state index in [0.29, 0.717) is 25.2 Å². The van der Waals surface area contributed by atoms with Gasteiger partial charge in [-0.25, -0.2) is 0 Å². The molecule has 0 spiro atoms. The van der Waals surface area contributed by atoms with Gasteiger partial charge in [-0.3, -0.25) is 9.59 Å². The summed E-state index contributed by atoms with van der Waals surface area (Å²) < 4.78 is 0. The third kappa shape index (κ3) is 1.13. The Morgan fingerprint density at radius 3 is 2.07 bits per heavy atom. The lowest BCUT2D eigenvalue weighted by Crippen LogP contribution is -2.50. The lowest BCUT2D eigenvalue weighted by molar-refractivity contribution is -0.173. The van der Waals surface area contributed by atoms with E-state index in [2.05, 4.69) is 0 Å². The average Bonchev–Trinajstić information content (AvgIpc) is 2.19. The van der Waals surface area contributed by atoms with Crippen LogP contribution in [-0.2, 0) is 9.59 Å². The minimum absolute atomic E-state index is 0.442. The van der Waals surface area contributed by atoms with Crippen molar-refractivity contribution in [3.63, 3.8) is 0 Å². The smallest absolute Gasteiger partial charge is 0.310 e. The lowest BCUT2D eigenvalue weighted by Gasteiger charge is -2.47. The molecule has 2 bridgehead atoms. The summed E-state index contributed by atoms with van der Waals surface area (Å²) in [6.45, 7) is 0. The molecule has 3 aliphatic carbocycles. The van der Waals surface area contributed by atoms with Crippen LogP contribution in [0.2, 0.25) is 0 Å². The normalized spacial score (nSPS) is 40.9. The Hall–Kier alpha value is -1.06. The second-order valence-corrected chi connectivity index (χ2v) is 4.53. The minimum Gasteiger partial charge on any atom is -0.481 e. The summed E-state index contributed by atoms with van der Waals surface area (Å²) in [6, 6.07) is 0. The van der Waals surface area contributed by atoms with Gasteiger partial charge in [0.2, 0.25) is 0 Å². The highest BCUT2D eigenvalue weighted by Crippen LogP contribution is 2.54. The first-order valence-electron chi connectivity index (χ1n) is 5.02. The topological polar surface area (TPSA) is 74.6 Å². The van der Waals surface area contributed by atoms with Crippen molar-refractivity contribution in [3.05, 3.63) is 0 Å². The average molecular weight is 198 g/mol. The van der Waals surface area contributed by atoms with Gasteiger partial charge in [0, 0.05) is 0 Å². The summed E-state index contributed by atoms with van der Waals surface area (Å²) in [7, 11) is 0. The fraction of sp³-hybridized carbons (Fsp3) is 0.800. The molecule has 0 radical (unpaired) electrons. The van der Waals surface area contributed by atoms with Crippen molar-refractivity contribution in [3.8, 4) is 0 Å². The molecule has 0 aromatic rings. The Balaban J connectivity index is 2.33. The molecule has 3 aliphatic rings. The van der Waals surface area contributed by atoms with Crippen molar-refractivity contribution in [2.24, 2.45) is 17.3 Å². The van der Waals surface area contributed by atoms with Gasteiger partial charge in [0.1, 0.15) is 0 Å². The van der Waals surface area contributed by atoms with Crippen LogP contribution in [0, 0.1) is 17.3 Å². The molecule has 3 saturated carbocycles. The highest BCUT2D eigenvalue weighted by atomic mass is 16.4. The first-order chi connectivity index (χ1) is 6.56. The van der Waals surface area contributed by atoms with Gasteiger partial charge in [-0.1, -0.05) is 0 Å². The van der Waals surface area contributed by atoms with E-state index in [1.807, 2.05) is 0 Å². The van der Waals surface area contributed by atoms with Crippen LogP contribution < -0.4 is 0 Å². The minimum atomic E-state index is -0.958. The Morgan fingerprint density at radius 2 is 1.71 bits per heavy atom. The van der Waals surface area contributed by atoms with Crippen LogP contribution in [0.15, 0.2) is 0 Å². The number of aliphatic carboxylic acids is 2. The van der Waals surface area contributed by atoms with Gasteiger partial charge >= 0.3 is 11.9 Å². The highest BCUT2D eigenvalue weighted by Gasteiger charge is 2.55. The zero-order chi connectivity index (χ0) is 10.3. The van der Waals surface area contributed by atoms with Gasteiger partial charge < -0.3 is 10.2 Å². The van der Waals surface area contributed by atoms with E-state index in [1.54, 1.807) is 0 Å². The molecule has 78 valence electrons. The molecule has 14 heavy (non-hydrogen) atoms. The quantitative estimate of drug-likeness (QED) is 0.702. The number of fused-ring (bicyclic) bond motifs is 3. The van der Waals surface area contributed by atoms with Crippen molar-refractivity contribution in [1.29, 1.82) is 0 Å².